The third kappa shape index (κ3) is 6.50. The van der Waals surface area contributed by atoms with Gasteiger partial charge in [-0.25, -0.2) is 9.38 Å². The van der Waals surface area contributed by atoms with E-state index in [0.717, 1.165) is 19.5 Å². The molecule has 0 radical (unpaired) electrons. The maximum atomic E-state index is 13.4. The van der Waals surface area contributed by atoms with Gasteiger partial charge in [0.1, 0.15) is 5.82 Å². The summed E-state index contributed by atoms with van der Waals surface area (Å²) in [6, 6.07) is 2.99. The molecule has 1 rings (SSSR count). The van der Waals surface area contributed by atoms with E-state index in [1.807, 2.05) is 6.92 Å². The number of nitrogens with one attached hydrogen (secondary N) is 2. The summed E-state index contributed by atoms with van der Waals surface area (Å²) >= 11 is 0. The van der Waals surface area contributed by atoms with Crippen LogP contribution in [0.1, 0.15) is 45.2 Å². The van der Waals surface area contributed by atoms with Gasteiger partial charge in [-0.2, -0.15) is 0 Å². The number of halogens is 1. The minimum atomic E-state index is -0.310. The van der Waals surface area contributed by atoms with Crippen LogP contribution in [0.3, 0.4) is 0 Å². The monoisotopic (exact) mass is 280 g/mol. The lowest BCUT2D eigenvalue weighted by Crippen LogP contribution is -2.37. The summed E-state index contributed by atoms with van der Waals surface area (Å²) < 4.78 is 13.4. The van der Waals surface area contributed by atoms with Crippen LogP contribution in [0.15, 0.2) is 23.3 Å². The van der Waals surface area contributed by atoms with E-state index in [4.69, 9.17) is 0 Å². The second-order valence-electron chi connectivity index (χ2n) is 4.61. The van der Waals surface area contributed by atoms with Crippen LogP contribution in [0.5, 0.6) is 0 Å². The Morgan fingerprint density at radius 2 is 2.10 bits per heavy atom. The van der Waals surface area contributed by atoms with Crippen LogP contribution < -0.4 is 10.6 Å². The van der Waals surface area contributed by atoms with Gasteiger partial charge in [-0.1, -0.05) is 26.2 Å². The van der Waals surface area contributed by atoms with Crippen molar-refractivity contribution in [1.82, 2.24) is 15.6 Å². The Bertz CT molecular complexity index is 407. The van der Waals surface area contributed by atoms with Crippen molar-refractivity contribution in [2.45, 2.75) is 46.1 Å². The van der Waals surface area contributed by atoms with Gasteiger partial charge >= 0.3 is 0 Å². The quantitative estimate of drug-likeness (QED) is 0.437. The minimum Gasteiger partial charge on any atom is -0.357 e. The van der Waals surface area contributed by atoms with Crippen LogP contribution in [0.25, 0.3) is 0 Å². The molecule has 0 aliphatic carbocycles. The van der Waals surface area contributed by atoms with E-state index in [1.54, 1.807) is 12.3 Å². The van der Waals surface area contributed by atoms with Gasteiger partial charge < -0.3 is 10.6 Å². The van der Waals surface area contributed by atoms with Crippen molar-refractivity contribution in [3.05, 3.63) is 29.8 Å². The molecule has 0 atom stereocenters. The lowest BCUT2D eigenvalue weighted by Gasteiger charge is -2.11. The lowest BCUT2D eigenvalue weighted by molar-refractivity contribution is 0.599. The molecule has 0 fully saturated rings. The van der Waals surface area contributed by atoms with Gasteiger partial charge in [0, 0.05) is 19.3 Å². The van der Waals surface area contributed by atoms with Crippen molar-refractivity contribution in [3.8, 4) is 0 Å². The highest BCUT2D eigenvalue weighted by Gasteiger charge is 2.02. The van der Waals surface area contributed by atoms with Crippen LogP contribution in [-0.4, -0.2) is 24.0 Å². The third-order valence-electron chi connectivity index (χ3n) is 2.89. The highest BCUT2D eigenvalue weighted by Crippen LogP contribution is 2.03. The number of hydrogen-bond acceptors (Lipinski definition) is 2. The number of hydrogen-bond donors (Lipinski definition) is 2. The number of aliphatic imine (C=N–C) groups is 1. The van der Waals surface area contributed by atoms with Crippen LogP contribution in [-0.2, 0) is 6.54 Å². The summed E-state index contributed by atoms with van der Waals surface area (Å²) in [4.78, 5) is 8.35. The smallest absolute Gasteiger partial charge is 0.191 e. The minimum absolute atomic E-state index is 0.247. The molecule has 1 aromatic rings. The zero-order valence-electron chi connectivity index (χ0n) is 12.5. The third-order valence-corrected chi connectivity index (χ3v) is 2.89. The summed E-state index contributed by atoms with van der Waals surface area (Å²) in [5.41, 5.74) is 0.371. The van der Waals surface area contributed by atoms with Crippen molar-refractivity contribution in [2.24, 2.45) is 4.99 Å². The molecule has 0 aromatic carbocycles. The van der Waals surface area contributed by atoms with Crippen LogP contribution in [0.2, 0.25) is 0 Å². The molecule has 0 bridgehead atoms. The topological polar surface area (TPSA) is 49.3 Å². The Balaban J connectivity index is 2.44. The van der Waals surface area contributed by atoms with Crippen molar-refractivity contribution in [1.29, 1.82) is 0 Å². The van der Waals surface area contributed by atoms with E-state index >= 15 is 0 Å². The molecule has 0 saturated carbocycles. The first-order valence-electron chi connectivity index (χ1n) is 7.39. The van der Waals surface area contributed by atoms with E-state index in [-0.39, 0.29) is 12.4 Å². The predicted octanol–water partition coefficient (Wildman–Crippen LogP) is 2.86. The molecular formula is C15H25FN4. The van der Waals surface area contributed by atoms with Crippen LogP contribution in [0.4, 0.5) is 4.39 Å². The molecule has 20 heavy (non-hydrogen) atoms. The number of pyridine rings is 1. The van der Waals surface area contributed by atoms with Crippen molar-refractivity contribution in [3.63, 3.8) is 0 Å². The largest absolute Gasteiger partial charge is 0.357 e. The Hall–Kier alpha value is -1.65. The SMILES string of the molecule is CCCCCCNC(=NCc1ncccc1F)NCC. The maximum Gasteiger partial charge on any atom is 0.191 e. The first-order valence-corrected chi connectivity index (χ1v) is 7.39. The molecule has 0 amide bonds. The van der Waals surface area contributed by atoms with E-state index < -0.39 is 0 Å². The van der Waals surface area contributed by atoms with Crippen LogP contribution in [0, 0.1) is 5.82 Å². The Morgan fingerprint density at radius 1 is 1.25 bits per heavy atom. The molecule has 0 saturated heterocycles. The number of unbranched alkanes of at least 4 members (excludes halogenated alkanes) is 3. The lowest BCUT2D eigenvalue weighted by atomic mass is 10.2. The first-order chi connectivity index (χ1) is 9.77. The van der Waals surface area contributed by atoms with Gasteiger partial charge in [-0.15, -0.1) is 0 Å². The average molecular weight is 280 g/mol. The summed E-state index contributed by atoms with van der Waals surface area (Å²) in [7, 11) is 0. The molecule has 5 heteroatoms. The zero-order chi connectivity index (χ0) is 14.6. The second-order valence-corrected chi connectivity index (χ2v) is 4.61. The number of nitrogens with zero attached hydrogens (tertiary/aromatic N) is 2. The van der Waals surface area contributed by atoms with E-state index in [9.17, 15) is 4.39 Å². The molecule has 0 aliphatic rings. The van der Waals surface area contributed by atoms with E-state index in [2.05, 4.69) is 27.5 Å². The molecule has 1 aromatic heterocycles. The molecule has 0 aliphatic heterocycles. The highest BCUT2D eigenvalue weighted by atomic mass is 19.1. The fraction of sp³-hybridized carbons (Fsp3) is 0.600. The summed E-state index contributed by atoms with van der Waals surface area (Å²) in [6.45, 7) is 6.12. The normalized spacial score (nSPS) is 11.4. The van der Waals surface area contributed by atoms with Gasteiger partial charge in [0.25, 0.3) is 0 Å². The van der Waals surface area contributed by atoms with Crippen molar-refractivity contribution < 1.29 is 4.39 Å². The van der Waals surface area contributed by atoms with Gasteiger partial charge in [0.15, 0.2) is 5.96 Å². The van der Waals surface area contributed by atoms with E-state index in [1.165, 1.54) is 25.3 Å². The predicted molar refractivity (Wildman–Crippen MR) is 81.2 cm³/mol. The molecule has 0 unspecified atom stereocenters. The van der Waals surface area contributed by atoms with Gasteiger partial charge in [-0.05, 0) is 25.5 Å². The fourth-order valence-corrected chi connectivity index (χ4v) is 1.79. The number of rotatable bonds is 8. The van der Waals surface area contributed by atoms with Gasteiger partial charge in [0.05, 0.1) is 12.2 Å². The summed E-state index contributed by atoms with van der Waals surface area (Å²) in [5.74, 6) is 0.407. The number of guanidine groups is 1. The number of aromatic nitrogens is 1. The van der Waals surface area contributed by atoms with Crippen LogP contribution >= 0.6 is 0 Å². The fourth-order valence-electron chi connectivity index (χ4n) is 1.79. The highest BCUT2D eigenvalue weighted by molar-refractivity contribution is 5.79. The molecule has 1 heterocycles. The zero-order valence-corrected chi connectivity index (χ0v) is 12.5. The average Bonchev–Trinajstić information content (AvgIpc) is 2.46. The Labute approximate surface area is 120 Å². The second kappa shape index (κ2) is 10.2. The molecule has 4 nitrogen and oxygen atoms in total. The van der Waals surface area contributed by atoms with Crippen molar-refractivity contribution in [2.75, 3.05) is 13.1 Å². The van der Waals surface area contributed by atoms with Gasteiger partial charge in [-0.3, -0.25) is 4.98 Å². The Morgan fingerprint density at radius 3 is 2.80 bits per heavy atom. The molecule has 112 valence electrons. The standard InChI is InChI=1S/C15H25FN4/c1-3-5-6-7-10-19-15(17-4-2)20-12-14-13(16)9-8-11-18-14/h8-9,11H,3-7,10,12H2,1-2H3,(H2,17,19,20). The maximum absolute atomic E-state index is 13.4. The summed E-state index contributed by atoms with van der Waals surface area (Å²) in [5, 5.41) is 6.41. The molecule has 0 spiro atoms. The van der Waals surface area contributed by atoms with E-state index in [0.29, 0.717) is 11.7 Å². The Kier molecular flexibility index (Phi) is 8.35. The molecule has 2 N–H and O–H groups in total. The van der Waals surface area contributed by atoms with Crippen molar-refractivity contribution >= 4 is 5.96 Å². The first kappa shape index (κ1) is 16.4. The van der Waals surface area contributed by atoms with Gasteiger partial charge in [0.2, 0.25) is 0 Å². The molecular weight excluding hydrogens is 255 g/mol. The summed E-state index contributed by atoms with van der Waals surface area (Å²) in [6.07, 6.45) is 6.41.